The van der Waals surface area contributed by atoms with Crippen LogP contribution < -0.4 is 4.83 Å². The van der Waals surface area contributed by atoms with Crippen LogP contribution in [0.3, 0.4) is 0 Å². The number of hydrazone groups is 1. The quantitative estimate of drug-likeness (QED) is 0.629. The Bertz CT molecular complexity index is 442. The highest BCUT2D eigenvalue weighted by Gasteiger charge is 1.94. The van der Waals surface area contributed by atoms with Crippen molar-refractivity contribution in [1.29, 1.82) is 0 Å². The second kappa shape index (κ2) is 4.43. The fourth-order valence-electron chi connectivity index (χ4n) is 0.784. The molecule has 1 aromatic carbocycles. The Morgan fingerprint density at radius 3 is 2.79 bits per heavy atom. The van der Waals surface area contributed by atoms with Crippen LogP contribution in [0.2, 0.25) is 5.02 Å². The van der Waals surface area contributed by atoms with Crippen molar-refractivity contribution >= 4 is 27.8 Å². The first-order chi connectivity index (χ1) is 6.47. The van der Waals surface area contributed by atoms with Crippen molar-refractivity contribution < 1.29 is 8.42 Å². The zero-order valence-corrected chi connectivity index (χ0v) is 9.01. The van der Waals surface area contributed by atoms with Gasteiger partial charge >= 0.3 is 0 Å². The van der Waals surface area contributed by atoms with Gasteiger partial charge in [0.2, 0.25) is 10.0 Å². The maximum absolute atomic E-state index is 10.6. The van der Waals surface area contributed by atoms with Gasteiger partial charge in [0.1, 0.15) is 0 Å². The van der Waals surface area contributed by atoms with Crippen LogP contribution in [0.5, 0.6) is 0 Å². The summed E-state index contributed by atoms with van der Waals surface area (Å²) in [4.78, 5) is 1.99. The minimum Gasteiger partial charge on any atom is -0.206 e. The van der Waals surface area contributed by atoms with Crippen LogP contribution in [-0.2, 0) is 10.0 Å². The van der Waals surface area contributed by atoms with Gasteiger partial charge in [0.25, 0.3) is 0 Å². The summed E-state index contributed by atoms with van der Waals surface area (Å²) >= 11 is 5.71. The monoisotopic (exact) mass is 232 g/mol. The smallest absolute Gasteiger partial charge is 0.206 e. The molecule has 1 rings (SSSR count). The average molecular weight is 233 g/mol. The molecule has 4 nitrogen and oxygen atoms in total. The minimum absolute atomic E-state index is 0.577. The predicted octanol–water partition coefficient (Wildman–Crippen LogP) is 1.22. The first-order valence-electron chi connectivity index (χ1n) is 3.73. The van der Waals surface area contributed by atoms with E-state index in [0.29, 0.717) is 5.02 Å². The van der Waals surface area contributed by atoms with Crippen molar-refractivity contribution in [3.63, 3.8) is 0 Å². The molecule has 0 aromatic heterocycles. The normalized spacial score (nSPS) is 11.9. The lowest BCUT2D eigenvalue weighted by atomic mass is 10.2. The summed E-state index contributed by atoms with van der Waals surface area (Å²) < 4.78 is 21.3. The largest absolute Gasteiger partial charge is 0.244 e. The van der Waals surface area contributed by atoms with Crippen LogP contribution in [0.25, 0.3) is 0 Å². The van der Waals surface area contributed by atoms with Gasteiger partial charge in [-0.25, -0.2) is 13.2 Å². The van der Waals surface area contributed by atoms with Crippen LogP contribution in [0.4, 0.5) is 0 Å². The third-order valence-electron chi connectivity index (χ3n) is 1.28. The molecule has 0 aliphatic carbocycles. The molecule has 0 amide bonds. The molecule has 0 fully saturated rings. The van der Waals surface area contributed by atoms with Crippen LogP contribution in [0.15, 0.2) is 29.4 Å². The van der Waals surface area contributed by atoms with Crippen molar-refractivity contribution in [3.05, 3.63) is 34.9 Å². The van der Waals surface area contributed by atoms with E-state index in [2.05, 4.69) is 5.10 Å². The second-order valence-electron chi connectivity index (χ2n) is 2.68. The lowest BCUT2D eigenvalue weighted by molar-refractivity contribution is 0.591. The summed E-state index contributed by atoms with van der Waals surface area (Å²) in [6.07, 6.45) is 2.41. The zero-order valence-electron chi connectivity index (χ0n) is 7.44. The standard InChI is InChI=1S/C8H9ClN2O2S/c1-14(12,13)11-10-6-7-3-2-4-8(9)5-7/h2-6,11H,1H3/b10-6-. The molecule has 0 heterocycles. The summed E-state index contributed by atoms with van der Waals surface area (Å²) in [6, 6.07) is 6.92. The van der Waals surface area contributed by atoms with Crippen molar-refractivity contribution in [3.8, 4) is 0 Å². The minimum atomic E-state index is -3.29. The summed E-state index contributed by atoms with van der Waals surface area (Å²) in [5, 5.41) is 4.11. The Morgan fingerprint density at radius 2 is 2.21 bits per heavy atom. The zero-order chi connectivity index (χ0) is 10.6. The molecule has 0 saturated carbocycles. The number of nitrogens with one attached hydrogen (secondary N) is 1. The van der Waals surface area contributed by atoms with E-state index in [-0.39, 0.29) is 0 Å². The maximum Gasteiger partial charge on any atom is 0.244 e. The number of nitrogens with zero attached hydrogens (tertiary/aromatic N) is 1. The highest BCUT2D eigenvalue weighted by atomic mass is 35.5. The third-order valence-corrected chi connectivity index (χ3v) is 1.95. The summed E-state index contributed by atoms with van der Waals surface area (Å²) in [5.41, 5.74) is 0.730. The van der Waals surface area contributed by atoms with E-state index < -0.39 is 10.0 Å². The SMILES string of the molecule is CS(=O)(=O)N/N=C\c1cccc(Cl)c1. The summed E-state index contributed by atoms with van der Waals surface area (Å²) in [5.74, 6) is 0. The Labute approximate surface area is 87.6 Å². The lowest BCUT2D eigenvalue weighted by Gasteiger charge is -1.95. The van der Waals surface area contributed by atoms with E-state index in [1.54, 1.807) is 24.3 Å². The number of rotatable bonds is 3. The van der Waals surface area contributed by atoms with E-state index >= 15 is 0 Å². The number of sulfonamides is 1. The number of halogens is 1. The van der Waals surface area contributed by atoms with E-state index in [1.165, 1.54) is 6.21 Å². The molecular formula is C8H9ClN2O2S. The highest BCUT2D eigenvalue weighted by Crippen LogP contribution is 2.08. The Kier molecular flexibility index (Phi) is 3.49. The molecule has 0 saturated heterocycles. The molecule has 6 heteroatoms. The molecule has 0 bridgehead atoms. The topological polar surface area (TPSA) is 58.5 Å². The van der Waals surface area contributed by atoms with Gasteiger partial charge in [-0.2, -0.15) is 5.10 Å². The Hall–Kier alpha value is -1.07. The first kappa shape index (κ1) is 11.0. The lowest BCUT2D eigenvalue weighted by Crippen LogP contribution is -2.15. The molecule has 14 heavy (non-hydrogen) atoms. The molecule has 0 aliphatic rings. The number of hydrogen-bond acceptors (Lipinski definition) is 3. The van der Waals surface area contributed by atoms with Crippen LogP contribution >= 0.6 is 11.6 Å². The van der Waals surface area contributed by atoms with Crippen LogP contribution in [0, 0.1) is 0 Å². The van der Waals surface area contributed by atoms with Gasteiger partial charge in [0.15, 0.2) is 0 Å². The van der Waals surface area contributed by atoms with Crippen LogP contribution in [-0.4, -0.2) is 20.9 Å². The summed E-state index contributed by atoms with van der Waals surface area (Å²) in [6.45, 7) is 0. The molecular weight excluding hydrogens is 224 g/mol. The van der Waals surface area contributed by atoms with Gasteiger partial charge in [-0.05, 0) is 17.7 Å². The van der Waals surface area contributed by atoms with Gasteiger partial charge in [-0.15, -0.1) is 0 Å². The molecule has 1 N–H and O–H groups in total. The Balaban J connectivity index is 2.70. The summed E-state index contributed by atoms with van der Waals surface area (Å²) in [7, 11) is -3.29. The molecule has 1 aromatic rings. The van der Waals surface area contributed by atoms with Crippen LogP contribution in [0.1, 0.15) is 5.56 Å². The molecule has 0 atom stereocenters. The van der Waals surface area contributed by atoms with Crippen molar-refractivity contribution in [1.82, 2.24) is 4.83 Å². The van der Waals surface area contributed by atoms with Crippen molar-refractivity contribution in [2.45, 2.75) is 0 Å². The molecule has 0 unspecified atom stereocenters. The number of hydrogen-bond donors (Lipinski definition) is 1. The fourth-order valence-corrected chi connectivity index (χ4v) is 1.23. The van der Waals surface area contributed by atoms with E-state index in [4.69, 9.17) is 11.6 Å². The highest BCUT2D eigenvalue weighted by molar-refractivity contribution is 7.88. The van der Waals surface area contributed by atoms with Gasteiger partial charge < -0.3 is 0 Å². The number of benzene rings is 1. The average Bonchev–Trinajstić information content (AvgIpc) is 2.01. The molecule has 76 valence electrons. The Morgan fingerprint density at radius 1 is 1.50 bits per heavy atom. The maximum atomic E-state index is 10.6. The van der Waals surface area contributed by atoms with E-state index in [0.717, 1.165) is 11.8 Å². The van der Waals surface area contributed by atoms with Gasteiger partial charge in [-0.1, -0.05) is 23.7 Å². The first-order valence-corrected chi connectivity index (χ1v) is 6.00. The fraction of sp³-hybridized carbons (Fsp3) is 0.125. The van der Waals surface area contributed by atoms with E-state index in [1.807, 2.05) is 4.83 Å². The predicted molar refractivity (Wildman–Crippen MR) is 57.0 cm³/mol. The van der Waals surface area contributed by atoms with Gasteiger partial charge in [-0.3, -0.25) is 0 Å². The van der Waals surface area contributed by atoms with E-state index in [9.17, 15) is 8.42 Å². The molecule has 0 spiro atoms. The second-order valence-corrected chi connectivity index (χ2v) is 4.84. The van der Waals surface area contributed by atoms with Gasteiger partial charge in [0.05, 0.1) is 12.5 Å². The van der Waals surface area contributed by atoms with Gasteiger partial charge in [0, 0.05) is 5.02 Å². The van der Waals surface area contributed by atoms with Crippen molar-refractivity contribution in [2.24, 2.45) is 5.10 Å². The molecule has 0 aliphatic heterocycles. The third kappa shape index (κ3) is 4.25. The molecule has 0 radical (unpaired) electrons. The van der Waals surface area contributed by atoms with Crippen molar-refractivity contribution in [2.75, 3.05) is 6.26 Å².